The molecule has 0 radical (unpaired) electrons. The highest BCUT2D eigenvalue weighted by Crippen LogP contribution is 2.26. The minimum Gasteiger partial charge on any atom is -0.314 e. The third-order valence-corrected chi connectivity index (χ3v) is 3.07. The summed E-state index contributed by atoms with van der Waals surface area (Å²) in [6.45, 7) is 0.0110. The molecule has 0 unspecified atom stereocenters. The summed E-state index contributed by atoms with van der Waals surface area (Å²) < 4.78 is 35.7. The van der Waals surface area contributed by atoms with Gasteiger partial charge in [-0.3, -0.25) is 0 Å². The van der Waals surface area contributed by atoms with Crippen molar-refractivity contribution >= 4 is 0 Å². The van der Waals surface area contributed by atoms with Crippen molar-refractivity contribution < 1.29 is 13.2 Å². The quantitative estimate of drug-likeness (QED) is 0.811. The predicted octanol–water partition coefficient (Wildman–Crippen LogP) is 3.00. The zero-order valence-corrected chi connectivity index (χ0v) is 9.19. The fraction of sp³-hybridized carbons (Fsp3) is 0.909. The van der Waals surface area contributed by atoms with Gasteiger partial charge in [-0.05, 0) is 31.6 Å². The standard InChI is InChI=1S/C11H17F3N2/c12-11(13,14)6-8-16-10-3-1-9(2-4-10)5-7-15/h9-10,16H,1-6,8H2. The highest BCUT2D eigenvalue weighted by Gasteiger charge is 2.27. The Morgan fingerprint density at radius 1 is 1.19 bits per heavy atom. The number of alkyl halides is 3. The van der Waals surface area contributed by atoms with Gasteiger partial charge < -0.3 is 5.32 Å². The van der Waals surface area contributed by atoms with Gasteiger partial charge in [0.05, 0.1) is 12.5 Å². The van der Waals surface area contributed by atoms with Gasteiger partial charge in [0.1, 0.15) is 0 Å². The zero-order chi connectivity index (χ0) is 12.0. The van der Waals surface area contributed by atoms with Crippen molar-refractivity contribution in [2.45, 2.75) is 50.7 Å². The van der Waals surface area contributed by atoms with Gasteiger partial charge in [0.25, 0.3) is 0 Å². The Bertz CT molecular complexity index is 237. The van der Waals surface area contributed by atoms with Crippen LogP contribution >= 0.6 is 0 Å². The maximum absolute atomic E-state index is 11.9. The zero-order valence-electron chi connectivity index (χ0n) is 9.19. The molecule has 16 heavy (non-hydrogen) atoms. The van der Waals surface area contributed by atoms with Gasteiger partial charge in [0.2, 0.25) is 0 Å². The molecule has 92 valence electrons. The van der Waals surface area contributed by atoms with Crippen molar-refractivity contribution in [2.24, 2.45) is 5.92 Å². The van der Waals surface area contributed by atoms with Gasteiger partial charge in [-0.25, -0.2) is 0 Å². The molecular formula is C11H17F3N2. The average Bonchev–Trinajstić information content (AvgIpc) is 2.19. The third kappa shape index (κ3) is 5.36. The molecule has 5 heteroatoms. The van der Waals surface area contributed by atoms with Crippen LogP contribution in [0.25, 0.3) is 0 Å². The number of halogens is 3. The topological polar surface area (TPSA) is 35.8 Å². The third-order valence-electron chi connectivity index (χ3n) is 3.07. The molecule has 0 amide bonds. The second-order valence-corrected chi connectivity index (χ2v) is 4.40. The molecule has 1 rings (SSSR count). The molecule has 1 aliphatic rings. The lowest BCUT2D eigenvalue weighted by Crippen LogP contribution is -2.35. The lowest BCUT2D eigenvalue weighted by Gasteiger charge is -2.28. The molecule has 1 fully saturated rings. The molecule has 2 nitrogen and oxygen atoms in total. The molecule has 0 bridgehead atoms. The van der Waals surface area contributed by atoms with Gasteiger partial charge in [-0.15, -0.1) is 0 Å². The molecule has 1 aliphatic carbocycles. The minimum absolute atomic E-state index is 0.0110. The molecule has 1 N–H and O–H groups in total. The summed E-state index contributed by atoms with van der Waals surface area (Å²) in [5.74, 6) is 0.450. The van der Waals surface area contributed by atoms with Crippen molar-refractivity contribution in [2.75, 3.05) is 6.54 Å². The summed E-state index contributed by atoms with van der Waals surface area (Å²) in [4.78, 5) is 0. The maximum atomic E-state index is 11.9. The van der Waals surface area contributed by atoms with Crippen LogP contribution in [-0.4, -0.2) is 18.8 Å². The minimum atomic E-state index is -4.06. The Morgan fingerprint density at radius 2 is 1.81 bits per heavy atom. The number of nitrogens with zero attached hydrogens (tertiary/aromatic N) is 1. The van der Waals surface area contributed by atoms with Gasteiger partial charge >= 0.3 is 6.18 Å². The fourth-order valence-electron chi connectivity index (χ4n) is 2.12. The van der Waals surface area contributed by atoms with Crippen LogP contribution in [0.1, 0.15) is 38.5 Å². The molecule has 0 spiro atoms. The Balaban J connectivity index is 2.11. The number of rotatable bonds is 4. The molecule has 0 aromatic rings. The second kappa shape index (κ2) is 6.09. The number of hydrogen-bond acceptors (Lipinski definition) is 2. The molecule has 1 saturated carbocycles. The van der Waals surface area contributed by atoms with Gasteiger partial charge in [-0.2, -0.15) is 18.4 Å². The monoisotopic (exact) mass is 234 g/mol. The highest BCUT2D eigenvalue weighted by molar-refractivity contribution is 4.83. The lowest BCUT2D eigenvalue weighted by molar-refractivity contribution is -0.133. The normalized spacial score (nSPS) is 26.4. The largest absolute Gasteiger partial charge is 0.390 e. The summed E-state index contributed by atoms with van der Waals surface area (Å²) in [6.07, 6.45) is -0.547. The first-order valence-electron chi connectivity index (χ1n) is 5.68. The summed E-state index contributed by atoms with van der Waals surface area (Å²) >= 11 is 0. The first-order chi connectivity index (χ1) is 7.51. The van der Waals surface area contributed by atoms with Gasteiger partial charge in [0, 0.05) is 19.0 Å². The van der Waals surface area contributed by atoms with E-state index in [4.69, 9.17) is 5.26 Å². The number of hydrogen-bond donors (Lipinski definition) is 1. The van der Waals surface area contributed by atoms with Crippen LogP contribution in [0.3, 0.4) is 0 Å². The molecule has 0 aromatic carbocycles. The summed E-state index contributed by atoms with van der Waals surface area (Å²) in [6, 6.07) is 2.35. The molecule has 0 atom stereocenters. The summed E-state index contributed by atoms with van der Waals surface area (Å²) in [5, 5.41) is 11.5. The summed E-state index contributed by atoms with van der Waals surface area (Å²) in [7, 11) is 0. The second-order valence-electron chi connectivity index (χ2n) is 4.40. The van der Waals surface area contributed by atoms with E-state index in [-0.39, 0.29) is 12.6 Å². The fourth-order valence-corrected chi connectivity index (χ4v) is 2.12. The van der Waals surface area contributed by atoms with E-state index in [0.29, 0.717) is 12.3 Å². The van der Waals surface area contributed by atoms with Gasteiger partial charge in [0.15, 0.2) is 0 Å². The van der Waals surface area contributed by atoms with Crippen molar-refractivity contribution in [1.29, 1.82) is 5.26 Å². The Kier molecular flexibility index (Phi) is 5.07. The number of nitrogens with one attached hydrogen (secondary N) is 1. The predicted molar refractivity (Wildman–Crippen MR) is 54.7 cm³/mol. The van der Waals surface area contributed by atoms with E-state index in [2.05, 4.69) is 11.4 Å². The van der Waals surface area contributed by atoms with E-state index in [1.807, 2.05) is 0 Å². The van der Waals surface area contributed by atoms with E-state index in [1.54, 1.807) is 0 Å². The van der Waals surface area contributed by atoms with Crippen molar-refractivity contribution in [3.05, 3.63) is 0 Å². The summed E-state index contributed by atoms with van der Waals surface area (Å²) in [5.41, 5.74) is 0. The van der Waals surface area contributed by atoms with Crippen LogP contribution < -0.4 is 5.32 Å². The first kappa shape index (κ1) is 13.3. The number of nitriles is 1. The SMILES string of the molecule is N#CCC1CCC(NCCC(F)(F)F)CC1. The Labute approximate surface area is 93.8 Å². The Hall–Kier alpha value is -0.760. The highest BCUT2D eigenvalue weighted by atomic mass is 19.4. The molecule has 0 aromatic heterocycles. The molecular weight excluding hydrogens is 217 g/mol. The van der Waals surface area contributed by atoms with Crippen LogP contribution in [0.5, 0.6) is 0 Å². The van der Waals surface area contributed by atoms with Crippen molar-refractivity contribution in [3.63, 3.8) is 0 Å². The average molecular weight is 234 g/mol. The van der Waals surface area contributed by atoms with Crippen LogP contribution in [0.2, 0.25) is 0 Å². The van der Waals surface area contributed by atoms with Crippen molar-refractivity contribution in [1.82, 2.24) is 5.32 Å². The van der Waals surface area contributed by atoms with E-state index in [0.717, 1.165) is 25.7 Å². The van der Waals surface area contributed by atoms with Crippen LogP contribution in [0.4, 0.5) is 13.2 Å². The Morgan fingerprint density at radius 3 is 2.31 bits per heavy atom. The van der Waals surface area contributed by atoms with E-state index < -0.39 is 12.6 Å². The molecule has 0 aliphatic heterocycles. The smallest absolute Gasteiger partial charge is 0.314 e. The van der Waals surface area contributed by atoms with Crippen molar-refractivity contribution in [3.8, 4) is 6.07 Å². The van der Waals surface area contributed by atoms with E-state index in [9.17, 15) is 13.2 Å². The van der Waals surface area contributed by atoms with Gasteiger partial charge in [-0.1, -0.05) is 0 Å². The van der Waals surface area contributed by atoms with E-state index in [1.165, 1.54) is 0 Å². The van der Waals surface area contributed by atoms with E-state index >= 15 is 0 Å². The first-order valence-corrected chi connectivity index (χ1v) is 5.68. The van der Waals surface area contributed by atoms with Crippen LogP contribution in [-0.2, 0) is 0 Å². The molecule has 0 heterocycles. The van der Waals surface area contributed by atoms with Crippen LogP contribution in [0, 0.1) is 17.2 Å². The van der Waals surface area contributed by atoms with Crippen LogP contribution in [0.15, 0.2) is 0 Å². The molecule has 0 saturated heterocycles. The lowest BCUT2D eigenvalue weighted by atomic mass is 9.84. The maximum Gasteiger partial charge on any atom is 0.390 e.